The molecule has 2 aliphatic heterocycles. The Hall–Kier alpha value is -2.24. The van der Waals surface area contributed by atoms with Crippen LogP contribution >= 0.6 is 0 Å². The number of hydrogen-bond donors (Lipinski definition) is 0. The van der Waals surface area contributed by atoms with Crippen molar-refractivity contribution in [2.24, 2.45) is 11.8 Å². The molecule has 2 aliphatic rings. The Kier molecular flexibility index (Phi) is 7.72. The molecule has 0 spiro atoms. The lowest BCUT2D eigenvalue weighted by Crippen LogP contribution is -2.44. The number of methoxy groups -OCH3 is 1. The third kappa shape index (κ3) is 4.42. The monoisotopic (exact) mass is 403 g/mol. The molecule has 11 heteroatoms. The average Bonchev–Trinajstić information content (AvgIpc) is 3.18. The fourth-order valence-corrected chi connectivity index (χ4v) is 3.33. The third-order valence-electron chi connectivity index (χ3n) is 4.42. The number of rotatable bonds is 8. The second-order valence-electron chi connectivity index (χ2n) is 6.05. The maximum Gasteiger partial charge on any atom is 0.338 e. The molecule has 2 rings (SSSR count). The zero-order chi connectivity index (χ0) is 20.8. The number of ether oxygens (including phenoxy) is 4. The van der Waals surface area contributed by atoms with Crippen molar-refractivity contribution in [3.63, 3.8) is 0 Å². The molecule has 0 saturated carbocycles. The molecule has 28 heavy (non-hydrogen) atoms. The Morgan fingerprint density at radius 1 is 0.821 bits per heavy atom. The van der Waals surface area contributed by atoms with Crippen LogP contribution in [0.25, 0.3) is 0 Å². The Morgan fingerprint density at radius 3 is 1.96 bits per heavy atom. The molecule has 0 N–H and O–H groups in total. The molecule has 2 fully saturated rings. The zero-order valence-corrected chi connectivity index (χ0v) is 16.2. The first-order valence-corrected chi connectivity index (χ1v) is 9.08. The third-order valence-corrected chi connectivity index (χ3v) is 4.42. The summed E-state index contributed by atoms with van der Waals surface area (Å²) in [5.74, 6) is -4.86. The minimum atomic E-state index is -1.33. The van der Waals surface area contributed by atoms with Crippen molar-refractivity contribution < 1.29 is 47.8 Å². The number of fused-ring (bicyclic) bond motifs is 1. The molecule has 0 aromatic carbocycles. The molecule has 11 nitrogen and oxygen atoms in total. The normalized spacial score (nSPS) is 29.1. The van der Waals surface area contributed by atoms with Gasteiger partial charge in [-0.1, -0.05) is 5.23 Å². The van der Waals surface area contributed by atoms with Crippen molar-refractivity contribution in [2.45, 2.75) is 45.4 Å². The molecule has 0 radical (unpaired) electrons. The van der Waals surface area contributed by atoms with Gasteiger partial charge in [0.05, 0.1) is 39.4 Å². The molecule has 0 unspecified atom stereocenters. The topological polar surface area (TPSA) is 127 Å². The standard InChI is InChI=1S/C17H25NO10/c1-5-24-10(19)8-9-12-11(15(20)25-6-2)14(16(21)23-4)28-18(12)27-13(9)17(22)26-7-3/h9,11-14H,5-8H2,1-4H3/t9-,11-,12+,13+,14-/m1/s1. The smallest absolute Gasteiger partial charge is 0.338 e. The van der Waals surface area contributed by atoms with Crippen molar-refractivity contribution in [2.75, 3.05) is 26.9 Å². The van der Waals surface area contributed by atoms with E-state index in [-0.39, 0.29) is 26.2 Å². The maximum absolute atomic E-state index is 12.6. The summed E-state index contributed by atoms with van der Waals surface area (Å²) in [6.07, 6.45) is -2.78. The number of esters is 4. The van der Waals surface area contributed by atoms with E-state index >= 15 is 0 Å². The summed E-state index contributed by atoms with van der Waals surface area (Å²) in [6.45, 7) is 5.20. The SMILES string of the molecule is CCOC(=O)C[C@@H]1[C@H]2[C@@H](C(=O)OCC)[C@H](C(=O)OC)ON2O[C@@H]1C(=O)OCC. The van der Waals surface area contributed by atoms with E-state index in [4.69, 9.17) is 23.9 Å². The van der Waals surface area contributed by atoms with E-state index in [1.165, 1.54) is 0 Å². The van der Waals surface area contributed by atoms with Crippen LogP contribution in [0.4, 0.5) is 0 Å². The van der Waals surface area contributed by atoms with Crippen LogP contribution in [0, 0.1) is 11.8 Å². The van der Waals surface area contributed by atoms with E-state index in [1.54, 1.807) is 20.8 Å². The van der Waals surface area contributed by atoms with Crippen molar-refractivity contribution >= 4 is 23.9 Å². The van der Waals surface area contributed by atoms with Crippen LogP contribution in [0.3, 0.4) is 0 Å². The number of nitrogens with zero attached hydrogens (tertiary/aromatic N) is 1. The first kappa shape index (κ1) is 22.1. The van der Waals surface area contributed by atoms with Crippen LogP contribution in [0.2, 0.25) is 0 Å². The molecule has 0 aromatic rings. The summed E-state index contributed by atoms with van der Waals surface area (Å²) in [5, 5.41) is 0.897. The summed E-state index contributed by atoms with van der Waals surface area (Å²) >= 11 is 0. The Labute approximate surface area is 162 Å². The van der Waals surface area contributed by atoms with E-state index in [9.17, 15) is 19.2 Å². The van der Waals surface area contributed by atoms with Crippen molar-refractivity contribution in [3.8, 4) is 0 Å². The second kappa shape index (κ2) is 9.80. The highest BCUT2D eigenvalue weighted by molar-refractivity contribution is 5.86. The quantitative estimate of drug-likeness (QED) is 0.394. The fraction of sp³-hybridized carbons (Fsp3) is 0.765. The number of hydrogen-bond acceptors (Lipinski definition) is 11. The summed E-state index contributed by atoms with van der Waals surface area (Å²) in [4.78, 5) is 60.0. The minimum Gasteiger partial charge on any atom is -0.467 e. The van der Waals surface area contributed by atoms with Gasteiger partial charge >= 0.3 is 23.9 Å². The lowest BCUT2D eigenvalue weighted by Gasteiger charge is -2.23. The Balaban J connectivity index is 2.36. The lowest BCUT2D eigenvalue weighted by atomic mass is 9.82. The number of hydroxylamine groups is 2. The van der Waals surface area contributed by atoms with Gasteiger partial charge in [0.15, 0.2) is 12.2 Å². The summed E-state index contributed by atoms with van der Waals surface area (Å²) in [6, 6.07) is -0.943. The second-order valence-corrected chi connectivity index (χ2v) is 6.05. The molecule has 0 aliphatic carbocycles. The number of carbonyl (C=O) groups is 4. The van der Waals surface area contributed by atoms with Crippen LogP contribution in [-0.2, 0) is 47.8 Å². The van der Waals surface area contributed by atoms with Gasteiger partial charge in [-0.05, 0) is 20.8 Å². The van der Waals surface area contributed by atoms with Gasteiger partial charge in [-0.3, -0.25) is 19.3 Å². The molecule has 5 atom stereocenters. The Bertz CT molecular complexity index is 609. The van der Waals surface area contributed by atoms with Crippen LogP contribution < -0.4 is 0 Å². The predicted molar refractivity (Wildman–Crippen MR) is 88.9 cm³/mol. The summed E-state index contributed by atoms with van der Waals surface area (Å²) in [5.41, 5.74) is 0. The minimum absolute atomic E-state index is 0.0701. The van der Waals surface area contributed by atoms with Gasteiger partial charge in [-0.25, -0.2) is 9.59 Å². The van der Waals surface area contributed by atoms with Gasteiger partial charge in [-0.15, -0.1) is 0 Å². The van der Waals surface area contributed by atoms with E-state index in [0.717, 1.165) is 12.3 Å². The van der Waals surface area contributed by atoms with Crippen molar-refractivity contribution in [1.82, 2.24) is 5.23 Å². The molecular formula is C17H25NO10. The van der Waals surface area contributed by atoms with E-state index in [2.05, 4.69) is 4.74 Å². The van der Waals surface area contributed by atoms with Crippen LogP contribution in [-0.4, -0.2) is 74.3 Å². The number of carbonyl (C=O) groups excluding carboxylic acids is 4. The molecule has 0 aromatic heterocycles. The Morgan fingerprint density at radius 2 is 1.39 bits per heavy atom. The van der Waals surface area contributed by atoms with Crippen LogP contribution in [0.15, 0.2) is 0 Å². The molecule has 0 bridgehead atoms. The average molecular weight is 403 g/mol. The summed E-state index contributed by atoms with van der Waals surface area (Å²) < 4.78 is 19.7. The van der Waals surface area contributed by atoms with Gasteiger partial charge in [0.2, 0.25) is 0 Å². The molecule has 2 saturated heterocycles. The van der Waals surface area contributed by atoms with Gasteiger partial charge in [-0.2, -0.15) is 0 Å². The lowest BCUT2D eigenvalue weighted by molar-refractivity contribution is -0.350. The largest absolute Gasteiger partial charge is 0.467 e. The highest BCUT2D eigenvalue weighted by atomic mass is 17.0. The van der Waals surface area contributed by atoms with Crippen LogP contribution in [0.5, 0.6) is 0 Å². The first-order chi connectivity index (χ1) is 13.4. The van der Waals surface area contributed by atoms with Crippen LogP contribution in [0.1, 0.15) is 27.2 Å². The predicted octanol–water partition coefficient (Wildman–Crippen LogP) is -0.231. The zero-order valence-electron chi connectivity index (χ0n) is 16.2. The van der Waals surface area contributed by atoms with Gasteiger partial charge in [0.1, 0.15) is 5.92 Å². The molecule has 158 valence electrons. The van der Waals surface area contributed by atoms with Gasteiger partial charge < -0.3 is 18.9 Å². The van der Waals surface area contributed by atoms with E-state index < -0.39 is 54.0 Å². The molecule has 0 amide bonds. The van der Waals surface area contributed by atoms with Gasteiger partial charge in [0.25, 0.3) is 0 Å². The highest BCUT2D eigenvalue weighted by Crippen LogP contribution is 2.43. The van der Waals surface area contributed by atoms with E-state index in [1.807, 2.05) is 0 Å². The van der Waals surface area contributed by atoms with Gasteiger partial charge in [0, 0.05) is 5.92 Å². The highest BCUT2D eigenvalue weighted by Gasteiger charge is 2.63. The van der Waals surface area contributed by atoms with E-state index in [0.29, 0.717) is 0 Å². The summed E-state index contributed by atoms with van der Waals surface area (Å²) in [7, 11) is 1.15. The molecular weight excluding hydrogens is 378 g/mol. The van der Waals surface area contributed by atoms with Crippen molar-refractivity contribution in [1.29, 1.82) is 0 Å². The maximum atomic E-state index is 12.6. The molecule has 2 heterocycles. The fourth-order valence-electron chi connectivity index (χ4n) is 3.33. The van der Waals surface area contributed by atoms with Crippen molar-refractivity contribution in [3.05, 3.63) is 0 Å². The first-order valence-electron chi connectivity index (χ1n) is 9.08.